The highest BCUT2D eigenvalue weighted by molar-refractivity contribution is 5.91. The summed E-state index contributed by atoms with van der Waals surface area (Å²) in [6.45, 7) is 5.16. The number of hydrogen-bond donors (Lipinski definition) is 4. The van der Waals surface area contributed by atoms with Gasteiger partial charge in [0.2, 0.25) is 11.8 Å². The molecule has 0 aliphatic heterocycles. The van der Waals surface area contributed by atoms with E-state index in [0.29, 0.717) is 25.8 Å². The first-order chi connectivity index (χ1) is 11.5. The van der Waals surface area contributed by atoms with Crippen LogP contribution in [0.4, 0.5) is 0 Å². The maximum Gasteiger partial charge on any atom is 0.242 e. The molecule has 4 N–H and O–H groups in total. The fourth-order valence-electron chi connectivity index (χ4n) is 2.22. The Kier molecular flexibility index (Phi) is 10.4. The summed E-state index contributed by atoms with van der Waals surface area (Å²) < 4.78 is -0.419. The molecule has 0 fully saturated rings. The van der Waals surface area contributed by atoms with E-state index in [1.807, 2.05) is 5.48 Å². The highest BCUT2D eigenvalue weighted by Crippen LogP contribution is 2.07. The molecule has 0 spiro atoms. The van der Waals surface area contributed by atoms with E-state index in [0.717, 1.165) is 0 Å². The van der Waals surface area contributed by atoms with Gasteiger partial charge in [-0.1, -0.05) is 13.8 Å². The zero-order valence-electron chi connectivity index (χ0n) is 15.8. The third-order valence-corrected chi connectivity index (χ3v) is 3.67. The molecule has 0 radical (unpaired) electrons. The Morgan fingerprint density at radius 3 is 2.16 bits per heavy atom. The molecule has 9 heteroatoms. The van der Waals surface area contributed by atoms with Crippen molar-refractivity contribution >= 4 is 17.6 Å². The molecule has 0 aliphatic rings. The number of nitrogens with zero attached hydrogens (tertiary/aromatic N) is 1. The molecule has 0 heterocycles. The van der Waals surface area contributed by atoms with E-state index in [1.54, 1.807) is 27.9 Å². The first-order valence-corrected chi connectivity index (χ1v) is 8.49. The highest BCUT2D eigenvalue weighted by atomic mass is 16.5. The van der Waals surface area contributed by atoms with Gasteiger partial charge in [0.15, 0.2) is 0 Å². The van der Waals surface area contributed by atoms with Crippen LogP contribution in [0, 0.1) is 11.1 Å². The van der Waals surface area contributed by atoms with Gasteiger partial charge in [-0.05, 0) is 32.1 Å². The van der Waals surface area contributed by atoms with Gasteiger partial charge in [0.05, 0.1) is 27.2 Å². The maximum absolute atomic E-state index is 12.2. The van der Waals surface area contributed by atoms with Gasteiger partial charge in [0.1, 0.15) is 17.9 Å². The molecule has 0 rings (SSSR count). The van der Waals surface area contributed by atoms with Gasteiger partial charge in [0, 0.05) is 0 Å². The number of Topliss-reactive ketones (excluding diaryl/α,β-unsaturated/α-hetero) is 1. The van der Waals surface area contributed by atoms with Crippen LogP contribution in [0.1, 0.15) is 40.0 Å². The molecule has 9 nitrogen and oxygen atoms in total. The van der Waals surface area contributed by atoms with E-state index >= 15 is 0 Å². The molecule has 0 aliphatic carbocycles. The summed E-state index contributed by atoms with van der Waals surface area (Å²) in [7, 11) is 3.08. The minimum Gasteiger partial charge on any atom is -0.633 e. The van der Waals surface area contributed by atoms with Crippen molar-refractivity contribution in [1.29, 1.82) is 0 Å². The normalized spacial score (nSPS) is 14.1. The van der Waals surface area contributed by atoms with Crippen molar-refractivity contribution in [2.75, 3.05) is 27.2 Å². The maximum atomic E-state index is 12.2. The summed E-state index contributed by atoms with van der Waals surface area (Å²) in [5.74, 6) is -1.33. The quantitative estimate of drug-likeness (QED) is 0.219. The monoisotopic (exact) mass is 360 g/mol. The lowest BCUT2D eigenvalue weighted by Crippen LogP contribution is -2.54. The number of carbonyl (C=O) groups excluding carboxylic acids is 3. The van der Waals surface area contributed by atoms with Crippen LogP contribution >= 0.6 is 0 Å². The smallest absolute Gasteiger partial charge is 0.242 e. The van der Waals surface area contributed by atoms with Crippen LogP contribution < -0.4 is 16.1 Å². The van der Waals surface area contributed by atoms with Crippen LogP contribution in [-0.4, -0.2) is 66.7 Å². The standard InChI is InChI=1S/C16H32N4O5/c1-11(2)14(19-24)16(23)18-13(15(22)17-10-12(3)21)8-6-7-9-20(4,5)25/h11,13-14,19,24H,6-10H2,1-5H3,(H,17,22)(H,18,23)/t13-,14-/m0/s1. The second-order valence-electron chi connectivity index (χ2n) is 7.13. The summed E-state index contributed by atoms with van der Waals surface area (Å²) in [6.07, 6.45) is 1.52. The third kappa shape index (κ3) is 10.8. The number of hydrogen-bond acceptors (Lipinski definition) is 6. The van der Waals surface area contributed by atoms with E-state index in [-0.39, 0.29) is 18.2 Å². The van der Waals surface area contributed by atoms with Crippen molar-refractivity contribution in [1.82, 2.24) is 16.1 Å². The van der Waals surface area contributed by atoms with Gasteiger partial charge in [-0.2, -0.15) is 5.48 Å². The second kappa shape index (κ2) is 11.1. The van der Waals surface area contributed by atoms with Gasteiger partial charge in [-0.3, -0.25) is 14.4 Å². The largest absolute Gasteiger partial charge is 0.633 e. The number of quaternary nitrogens is 1. The van der Waals surface area contributed by atoms with Crippen molar-refractivity contribution in [3.05, 3.63) is 5.21 Å². The first kappa shape index (κ1) is 23.4. The summed E-state index contributed by atoms with van der Waals surface area (Å²) in [4.78, 5) is 35.5. The lowest BCUT2D eigenvalue weighted by Gasteiger charge is -2.33. The Morgan fingerprint density at radius 2 is 1.72 bits per heavy atom. The molecule has 0 aromatic carbocycles. The van der Waals surface area contributed by atoms with E-state index in [4.69, 9.17) is 5.21 Å². The van der Waals surface area contributed by atoms with Crippen molar-refractivity contribution in [2.24, 2.45) is 5.92 Å². The predicted molar refractivity (Wildman–Crippen MR) is 93.4 cm³/mol. The van der Waals surface area contributed by atoms with Crippen molar-refractivity contribution in [3.63, 3.8) is 0 Å². The molecular weight excluding hydrogens is 328 g/mol. The summed E-state index contributed by atoms with van der Waals surface area (Å²) in [5, 5.41) is 25.7. The Morgan fingerprint density at radius 1 is 1.12 bits per heavy atom. The Labute approximate surface area is 149 Å². The summed E-state index contributed by atoms with van der Waals surface area (Å²) >= 11 is 0. The Balaban J connectivity index is 4.79. The van der Waals surface area contributed by atoms with E-state index < -0.39 is 28.5 Å². The Bertz CT molecular complexity index is 448. The minimum absolute atomic E-state index is 0.110. The SMILES string of the molecule is CC(=O)CNC(=O)[C@H](CCCC[N+](C)(C)[O-])NC(=O)[C@@H](NO)C(C)C. The van der Waals surface area contributed by atoms with Crippen LogP contribution in [0.15, 0.2) is 0 Å². The van der Waals surface area contributed by atoms with Crippen molar-refractivity contribution < 1.29 is 24.2 Å². The molecule has 2 atom stereocenters. The van der Waals surface area contributed by atoms with E-state index in [9.17, 15) is 19.6 Å². The third-order valence-electron chi connectivity index (χ3n) is 3.67. The molecule has 2 amide bonds. The number of nitrogens with one attached hydrogen (secondary N) is 3. The minimum atomic E-state index is -0.847. The number of amides is 2. The molecule has 25 heavy (non-hydrogen) atoms. The van der Waals surface area contributed by atoms with Crippen LogP contribution in [0.3, 0.4) is 0 Å². The van der Waals surface area contributed by atoms with Crippen molar-refractivity contribution in [2.45, 2.75) is 52.1 Å². The van der Waals surface area contributed by atoms with E-state index in [1.165, 1.54) is 6.92 Å². The average molecular weight is 360 g/mol. The molecule has 0 unspecified atom stereocenters. The molecule has 0 aromatic heterocycles. The predicted octanol–water partition coefficient (Wildman–Crippen LogP) is -0.0757. The van der Waals surface area contributed by atoms with Crippen molar-refractivity contribution in [3.8, 4) is 0 Å². The molecule has 0 aromatic rings. The number of ketones is 1. The molecular formula is C16H32N4O5. The van der Waals surface area contributed by atoms with Crippen LogP contribution in [0.25, 0.3) is 0 Å². The summed E-state index contributed by atoms with van der Waals surface area (Å²) in [6, 6.07) is -1.68. The van der Waals surface area contributed by atoms with Gasteiger partial charge in [-0.25, -0.2) is 0 Å². The second-order valence-corrected chi connectivity index (χ2v) is 7.13. The lowest BCUT2D eigenvalue weighted by atomic mass is 10.0. The molecule has 0 bridgehead atoms. The average Bonchev–Trinajstić information content (AvgIpc) is 2.47. The van der Waals surface area contributed by atoms with E-state index in [2.05, 4.69) is 10.6 Å². The fourth-order valence-corrected chi connectivity index (χ4v) is 2.22. The van der Waals surface area contributed by atoms with Crippen LogP contribution in [0.5, 0.6) is 0 Å². The lowest BCUT2D eigenvalue weighted by molar-refractivity contribution is -0.840. The molecule has 146 valence electrons. The number of rotatable bonds is 12. The molecule has 0 saturated heterocycles. The zero-order chi connectivity index (χ0) is 19.6. The Hall–Kier alpha value is -1.55. The van der Waals surface area contributed by atoms with Gasteiger partial charge in [0.25, 0.3) is 0 Å². The van der Waals surface area contributed by atoms with Crippen LogP contribution in [-0.2, 0) is 14.4 Å². The van der Waals surface area contributed by atoms with Gasteiger partial charge < -0.3 is 25.7 Å². The highest BCUT2D eigenvalue weighted by Gasteiger charge is 2.27. The van der Waals surface area contributed by atoms with Gasteiger partial charge >= 0.3 is 0 Å². The molecule has 0 saturated carbocycles. The first-order valence-electron chi connectivity index (χ1n) is 8.49. The summed E-state index contributed by atoms with van der Waals surface area (Å²) in [5.41, 5.74) is 1.94. The van der Waals surface area contributed by atoms with Crippen LogP contribution in [0.2, 0.25) is 0 Å². The number of hydroxylamine groups is 4. The van der Waals surface area contributed by atoms with Gasteiger partial charge in [-0.15, -0.1) is 0 Å². The zero-order valence-corrected chi connectivity index (χ0v) is 15.8. The number of carbonyl (C=O) groups is 3. The fraction of sp³-hybridized carbons (Fsp3) is 0.812. The number of unbranched alkanes of at least 4 members (excludes halogenated alkanes) is 1. The topological polar surface area (TPSA) is 131 Å².